The van der Waals surface area contributed by atoms with Crippen molar-refractivity contribution in [3.05, 3.63) is 71.3 Å². The molecule has 0 radical (unpaired) electrons. The van der Waals surface area contributed by atoms with Crippen LogP contribution in [0.15, 0.2) is 54.6 Å². The highest BCUT2D eigenvalue weighted by Gasteiger charge is 2.26. The van der Waals surface area contributed by atoms with Crippen LogP contribution in [0.3, 0.4) is 0 Å². The van der Waals surface area contributed by atoms with Crippen molar-refractivity contribution in [2.45, 2.75) is 19.5 Å². The molecule has 0 fully saturated rings. The van der Waals surface area contributed by atoms with E-state index in [9.17, 15) is 9.59 Å². The molecule has 0 spiro atoms. The molecule has 0 aliphatic rings. The van der Waals surface area contributed by atoms with Gasteiger partial charge in [-0.25, -0.2) is 4.79 Å². The predicted molar refractivity (Wildman–Crippen MR) is 94.4 cm³/mol. The van der Waals surface area contributed by atoms with Crippen LogP contribution in [0.25, 0.3) is 0 Å². The van der Waals surface area contributed by atoms with E-state index in [0.29, 0.717) is 6.54 Å². The second-order valence-corrected chi connectivity index (χ2v) is 5.78. The molecule has 5 nitrogen and oxygen atoms in total. The minimum Gasteiger partial charge on any atom is -0.341 e. The average molecular weight is 325 g/mol. The number of urea groups is 1. The van der Waals surface area contributed by atoms with Crippen molar-refractivity contribution in [1.29, 1.82) is 0 Å². The van der Waals surface area contributed by atoms with Gasteiger partial charge in [-0.05, 0) is 25.1 Å². The lowest BCUT2D eigenvalue weighted by Gasteiger charge is -2.27. The molecular weight excluding hydrogens is 302 g/mol. The first-order chi connectivity index (χ1) is 11.5. The molecule has 0 aliphatic heterocycles. The zero-order valence-electron chi connectivity index (χ0n) is 14.2. The van der Waals surface area contributed by atoms with Gasteiger partial charge < -0.3 is 5.32 Å². The highest BCUT2D eigenvalue weighted by Crippen LogP contribution is 2.21. The van der Waals surface area contributed by atoms with Gasteiger partial charge in [0.05, 0.1) is 0 Å². The standard InChI is InChI=1S/C19H23N3O2/c1-14-9-11-15(12-10-14)13-22(3)17(16-7-5-4-6-8-16)18(23)21-19(24)20-2/h4-12,17H,13H2,1-3H3,(H2,20,21,23,24)/t17-/m0/s1. The van der Waals surface area contributed by atoms with E-state index < -0.39 is 12.1 Å². The van der Waals surface area contributed by atoms with E-state index >= 15 is 0 Å². The molecule has 0 aromatic heterocycles. The number of hydrogen-bond donors (Lipinski definition) is 2. The fraction of sp³-hybridized carbons (Fsp3) is 0.263. The minimum absolute atomic E-state index is 0.352. The Morgan fingerprint density at radius 1 is 1.04 bits per heavy atom. The number of imide groups is 1. The molecule has 2 N–H and O–H groups in total. The Hall–Kier alpha value is -2.66. The zero-order valence-corrected chi connectivity index (χ0v) is 14.2. The molecule has 0 saturated carbocycles. The molecule has 0 unspecified atom stereocenters. The van der Waals surface area contributed by atoms with Crippen LogP contribution < -0.4 is 10.6 Å². The Labute approximate surface area is 142 Å². The van der Waals surface area contributed by atoms with Crippen molar-refractivity contribution in [1.82, 2.24) is 15.5 Å². The first-order valence-electron chi connectivity index (χ1n) is 7.84. The second-order valence-electron chi connectivity index (χ2n) is 5.78. The Morgan fingerprint density at radius 2 is 1.67 bits per heavy atom. The molecule has 1 atom stereocenters. The van der Waals surface area contributed by atoms with E-state index in [1.165, 1.54) is 12.6 Å². The molecule has 0 saturated heterocycles. The maximum absolute atomic E-state index is 12.6. The van der Waals surface area contributed by atoms with Gasteiger partial charge in [0.25, 0.3) is 0 Å². The quantitative estimate of drug-likeness (QED) is 0.888. The number of amides is 3. The summed E-state index contributed by atoms with van der Waals surface area (Å²) in [5.41, 5.74) is 3.14. The van der Waals surface area contributed by atoms with E-state index in [1.807, 2.05) is 73.5 Å². The van der Waals surface area contributed by atoms with Gasteiger partial charge in [-0.15, -0.1) is 0 Å². The van der Waals surface area contributed by atoms with Gasteiger partial charge in [0.2, 0.25) is 5.91 Å². The van der Waals surface area contributed by atoms with Gasteiger partial charge in [-0.2, -0.15) is 0 Å². The van der Waals surface area contributed by atoms with Crippen LogP contribution in [0.2, 0.25) is 0 Å². The molecule has 24 heavy (non-hydrogen) atoms. The van der Waals surface area contributed by atoms with Gasteiger partial charge in [-0.3, -0.25) is 15.0 Å². The second kappa shape index (κ2) is 8.26. The van der Waals surface area contributed by atoms with E-state index in [1.54, 1.807) is 0 Å². The van der Waals surface area contributed by atoms with Gasteiger partial charge >= 0.3 is 6.03 Å². The normalized spacial score (nSPS) is 11.8. The number of carbonyl (C=O) groups excluding carboxylic acids is 2. The lowest BCUT2D eigenvalue weighted by atomic mass is 10.0. The molecule has 5 heteroatoms. The fourth-order valence-corrected chi connectivity index (χ4v) is 2.56. The zero-order chi connectivity index (χ0) is 17.5. The van der Waals surface area contributed by atoms with Crippen molar-refractivity contribution >= 4 is 11.9 Å². The number of hydrogen-bond acceptors (Lipinski definition) is 3. The number of likely N-dealkylation sites (N-methyl/N-ethyl adjacent to an activating group) is 1. The molecule has 2 aromatic rings. The molecule has 126 valence electrons. The third-order valence-corrected chi connectivity index (χ3v) is 3.82. The van der Waals surface area contributed by atoms with Crippen LogP contribution in [0.5, 0.6) is 0 Å². The van der Waals surface area contributed by atoms with Crippen LogP contribution in [-0.4, -0.2) is 30.9 Å². The van der Waals surface area contributed by atoms with Crippen molar-refractivity contribution in [3.63, 3.8) is 0 Å². The number of nitrogens with one attached hydrogen (secondary N) is 2. The monoisotopic (exact) mass is 325 g/mol. The third-order valence-electron chi connectivity index (χ3n) is 3.82. The van der Waals surface area contributed by atoms with Gasteiger partial charge in [-0.1, -0.05) is 60.2 Å². The fourth-order valence-electron chi connectivity index (χ4n) is 2.56. The van der Waals surface area contributed by atoms with E-state index in [4.69, 9.17) is 0 Å². The van der Waals surface area contributed by atoms with Crippen LogP contribution in [0, 0.1) is 6.92 Å². The van der Waals surface area contributed by atoms with E-state index in [-0.39, 0.29) is 5.91 Å². The molecule has 2 aromatic carbocycles. The number of aryl methyl sites for hydroxylation is 1. The van der Waals surface area contributed by atoms with Crippen molar-refractivity contribution in [2.24, 2.45) is 0 Å². The molecule has 2 rings (SSSR count). The lowest BCUT2D eigenvalue weighted by Crippen LogP contribution is -2.44. The molecule has 0 heterocycles. The SMILES string of the molecule is CNC(=O)NC(=O)[C@H](c1ccccc1)N(C)Cc1ccc(C)cc1. The Balaban J connectivity index is 2.22. The van der Waals surface area contributed by atoms with Crippen molar-refractivity contribution < 1.29 is 9.59 Å². The maximum atomic E-state index is 12.6. The minimum atomic E-state index is -0.551. The van der Waals surface area contributed by atoms with Crippen LogP contribution in [-0.2, 0) is 11.3 Å². The van der Waals surface area contributed by atoms with Gasteiger partial charge in [0.1, 0.15) is 6.04 Å². The van der Waals surface area contributed by atoms with Crippen LogP contribution in [0.1, 0.15) is 22.7 Å². The number of carbonyl (C=O) groups is 2. The molecular formula is C19H23N3O2. The summed E-state index contributed by atoms with van der Waals surface area (Å²) in [5, 5.41) is 4.78. The predicted octanol–water partition coefficient (Wildman–Crippen LogP) is 2.62. The first kappa shape index (κ1) is 17.7. The molecule has 3 amide bonds. The summed E-state index contributed by atoms with van der Waals surface area (Å²) >= 11 is 0. The highest BCUT2D eigenvalue weighted by atomic mass is 16.2. The maximum Gasteiger partial charge on any atom is 0.321 e. The first-order valence-corrected chi connectivity index (χ1v) is 7.84. The summed E-state index contributed by atoms with van der Waals surface area (Å²) < 4.78 is 0. The third kappa shape index (κ3) is 4.67. The van der Waals surface area contributed by atoms with Gasteiger partial charge in [0.15, 0.2) is 0 Å². The highest BCUT2D eigenvalue weighted by molar-refractivity contribution is 5.97. The summed E-state index contributed by atoms with van der Waals surface area (Å²) in [6, 6.07) is 16.6. The lowest BCUT2D eigenvalue weighted by molar-refractivity contribution is -0.125. The molecule has 0 aliphatic carbocycles. The topological polar surface area (TPSA) is 61.4 Å². The summed E-state index contributed by atoms with van der Waals surface area (Å²) in [4.78, 5) is 26.0. The van der Waals surface area contributed by atoms with Crippen LogP contribution >= 0.6 is 0 Å². The van der Waals surface area contributed by atoms with E-state index in [0.717, 1.165) is 11.1 Å². The number of nitrogens with zero attached hydrogens (tertiary/aromatic N) is 1. The molecule has 0 bridgehead atoms. The summed E-state index contributed by atoms with van der Waals surface area (Å²) in [5.74, 6) is -0.352. The van der Waals surface area contributed by atoms with Crippen molar-refractivity contribution in [3.8, 4) is 0 Å². The van der Waals surface area contributed by atoms with Crippen molar-refractivity contribution in [2.75, 3.05) is 14.1 Å². The van der Waals surface area contributed by atoms with Gasteiger partial charge in [0, 0.05) is 13.6 Å². The van der Waals surface area contributed by atoms with Crippen LogP contribution in [0.4, 0.5) is 4.79 Å². The number of rotatable bonds is 5. The Kier molecular flexibility index (Phi) is 6.09. The Bertz CT molecular complexity index is 684. The Morgan fingerprint density at radius 3 is 2.25 bits per heavy atom. The smallest absolute Gasteiger partial charge is 0.321 e. The average Bonchev–Trinajstić information content (AvgIpc) is 2.58. The summed E-state index contributed by atoms with van der Waals surface area (Å²) in [7, 11) is 3.36. The number of benzene rings is 2. The largest absolute Gasteiger partial charge is 0.341 e. The van der Waals surface area contributed by atoms with E-state index in [2.05, 4.69) is 10.6 Å². The summed E-state index contributed by atoms with van der Waals surface area (Å²) in [6.07, 6.45) is 0. The summed E-state index contributed by atoms with van der Waals surface area (Å²) in [6.45, 7) is 2.64.